The Kier molecular flexibility index (Phi) is 5.99. The predicted octanol–water partition coefficient (Wildman–Crippen LogP) is 3.78. The minimum atomic E-state index is -0.732. The number of esters is 2. The van der Waals surface area contributed by atoms with E-state index in [-0.39, 0.29) is 13.2 Å². The molecular formula is C22H23NO5. The van der Waals surface area contributed by atoms with E-state index in [0.717, 1.165) is 5.56 Å². The summed E-state index contributed by atoms with van der Waals surface area (Å²) in [5, 5.41) is 3.22. The number of rotatable bonds is 6. The highest BCUT2D eigenvalue weighted by Gasteiger charge is 2.40. The minimum absolute atomic E-state index is 0.215. The van der Waals surface area contributed by atoms with Crippen molar-refractivity contribution in [3.63, 3.8) is 0 Å². The molecule has 6 heteroatoms. The van der Waals surface area contributed by atoms with Gasteiger partial charge in [-0.15, -0.1) is 0 Å². The second kappa shape index (κ2) is 8.61. The molecule has 0 spiro atoms. The summed E-state index contributed by atoms with van der Waals surface area (Å²) < 4.78 is 16.2. The highest BCUT2D eigenvalue weighted by atomic mass is 16.5. The second-order valence-corrected chi connectivity index (χ2v) is 6.21. The van der Waals surface area contributed by atoms with Crippen molar-refractivity contribution in [2.75, 3.05) is 13.2 Å². The molecule has 0 bridgehead atoms. The minimum Gasteiger partial charge on any atom is -0.468 e. The molecule has 1 aliphatic rings. The number of carbonyl (C=O) groups excluding carboxylic acids is 2. The van der Waals surface area contributed by atoms with Gasteiger partial charge in [-0.2, -0.15) is 0 Å². The van der Waals surface area contributed by atoms with Gasteiger partial charge in [-0.3, -0.25) is 0 Å². The van der Waals surface area contributed by atoms with Crippen molar-refractivity contribution in [3.05, 3.63) is 76.9 Å². The molecule has 0 unspecified atom stereocenters. The lowest BCUT2D eigenvalue weighted by atomic mass is 9.82. The van der Waals surface area contributed by atoms with Gasteiger partial charge in [0.2, 0.25) is 0 Å². The fraction of sp³-hybridized carbons (Fsp3) is 0.273. The molecule has 6 nitrogen and oxygen atoms in total. The molecule has 0 saturated carbocycles. The van der Waals surface area contributed by atoms with Crippen molar-refractivity contribution < 1.29 is 23.5 Å². The van der Waals surface area contributed by atoms with E-state index in [9.17, 15) is 9.59 Å². The Morgan fingerprint density at radius 1 is 0.964 bits per heavy atom. The van der Waals surface area contributed by atoms with E-state index in [1.807, 2.05) is 30.3 Å². The summed E-state index contributed by atoms with van der Waals surface area (Å²) in [5.74, 6) is -1.27. The molecule has 1 aromatic carbocycles. The third-order valence-corrected chi connectivity index (χ3v) is 4.44. The Labute approximate surface area is 163 Å². The molecule has 0 saturated heterocycles. The molecule has 2 heterocycles. The van der Waals surface area contributed by atoms with Gasteiger partial charge in [0, 0.05) is 5.70 Å². The smallest absolute Gasteiger partial charge is 0.337 e. The van der Waals surface area contributed by atoms with E-state index in [1.165, 1.54) is 6.26 Å². The number of allylic oxidation sites excluding steroid dienone is 1. The number of carbonyl (C=O) groups is 2. The van der Waals surface area contributed by atoms with Gasteiger partial charge in [0.15, 0.2) is 0 Å². The van der Waals surface area contributed by atoms with Crippen LogP contribution in [0.15, 0.2) is 70.0 Å². The Morgan fingerprint density at radius 3 is 2.18 bits per heavy atom. The van der Waals surface area contributed by atoms with Crippen molar-refractivity contribution in [3.8, 4) is 0 Å². The molecule has 0 radical (unpaired) electrons. The van der Waals surface area contributed by atoms with Crippen LogP contribution in [-0.2, 0) is 19.1 Å². The highest BCUT2D eigenvalue weighted by Crippen LogP contribution is 2.41. The number of dihydropyridines is 1. The Balaban J connectivity index is 2.24. The summed E-state index contributed by atoms with van der Waals surface area (Å²) in [6, 6.07) is 12.9. The Morgan fingerprint density at radius 2 is 1.61 bits per heavy atom. The molecule has 2 aromatic rings. The third kappa shape index (κ3) is 3.71. The van der Waals surface area contributed by atoms with Gasteiger partial charge in [0.1, 0.15) is 5.76 Å². The van der Waals surface area contributed by atoms with Gasteiger partial charge in [-0.25, -0.2) is 9.59 Å². The van der Waals surface area contributed by atoms with Gasteiger partial charge in [-0.05, 0) is 38.5 Å². The van der Waals surface area contributed by atoms with Crippen LogP contribution in [0.5, 0.6) is 0 Å². The standard InChI is InChI=1S/C22H23NO5/c1-4-26-21(24)17-14(3)23-20(15-10-7-6-8-11-15)19(22(25)27-5-2)18(17)16-12-9-13-28-16/h6-13,18,23H,4-5H2,1-3H3/t18-/m0/s1. The zero-order valence-electron chi connectivity index (χ0n) is 16.2. The lowest BCUT2D eigenvalue weighted by Crippen LogP contribution is -2.32. The zero-order valence-corrected chi connectivity index (χ0v) is 16.2. The van der Waals surface area contributed by atoms with E-state index in [4.69, 9.17) is 13.9 Å². The first-order chi connectivity index (χ1) is 13.6. The number of nitrogens with one attached hydrogen (secondary N) is 1. The summed E-state index contributed by atoms with van der Waals surface area (Å²) >= 11 is 0. The number of furan rings is 1. The molecule has 28 heavy (non-hydrogen) atoms. The number of benzene rings is 1. The van der Waals surface area contributed by atoms with Gasteiger partial charge in [-0.1, -0.05) is 30.3 Å². The van der Waals surface area contributed by atoms with Crippen LogP contribution < -0.4 is 5.32 Å². The van der Waals surface area contributed by atoms with Crippen molar-refractivity contribution >= 4 is 17.6 Å². The van der Waals surface area contributed by atoms with Gasteiger partial charge in [0.25, 0.3) is 0 Å². The number of hydrogen-bond acceptors (Lipinski definition) is 6. The molecule has 146 valence electrons. The monoisotopic (exact) mass is 381 g/mol. The van der Waals surface area contributed by atoms with Crippen LogP contribution in [0.4, 0.5) is 0 Å². The maximum absolute atomic E-state index is 13.0. The molecule has 0 amide bonds. The first kappa shape index (κ1) is 19.5. The van der Waals surface area contributed by atoms with E-state index in [0.29, 0.717) is 28.3 Å². The van der Waals surface area contributed by atoms with Crippen LogP contribution in [0.1, 0.15) is 38.0 Å². The SMILES string of the molecule is CCOC(=O)C1=C(C)NC(c2ccccc2)=C(C(=O)OCC)[C@H]1c1ccco1. The van der Waals surface area contributed by atoms with Crippen LogP contribution in [0.3, 0.4) is 0 Å². The first-order valence-electron chi connectivity index (χ1n) is 9.23. The fourth-order valence-corrected chi connectivity index (χ4v) is 3.31. The number of ether oxygens (including phenoxy) is 2. The van der Waals surface area contributed by atoms with Crippen LogP contribution in [0, 0.1) is 0 Å². The topological polar surface area (TPSA) is 77.8 Å². The maximum atomic E-state index is 13.0. The first-order valence-corrected chi connectivity index (χ1v) is 9.23. The second-order valence-electron chi connectivity index (χ2n) is 6.21. The molecule has 1 N–H and O–H groups in total. The third-order valence-electron chi connectivity index (χ3n) is 4.44. The maximum Gasteiger partial charge on any atom is 0.337 e. The van der Waals surface area contributed by atoms with Crippen molar-refractivity contribution in [1.82, 2.24) is 5.32 Å². The fourth-order valence-electron chi connectivity index (χ4n) is 3.31. The average molecular weight is 381 g/mol. The summed E-state index contributed by atoms with van der Waals surface area (Å²) in [5.41, 5.74) is 2.65. The van der Waals surface area contributed by atoms with E-state index < -0.39 is 17.9 Å². The summed E-state index contributed by atoms with van der Waals surface area (Å²) in [7, 11) is 0. The molecule has 3 rings (SSSR count). The van der Waals surface area contributed by atoms with Crippen molar-refractivity contribution in [2.45, 2.75) is 26.7 Å². The summed E-state index contributed by atoms with van der Waals surface area (Å²) in [6.07, 6.45) is 1.51. The van der Waals surface area contributed by atoms with Gasteiger partial charge >= 0.3 is 11.9 Å². The highest BCUT2D eigenvalue weighted by molar-refractivity contribution is 6.05. The normalized spacial score (nSPS) is 16.6. The lowest BCUT2D eigenvalue weighted by Gasteiger charge is -2.30. The van der Waals surface area contributed by atoms with E-state index in [2.05, 4.69) is 5.32 Å². The Hall–Kier alpha value is -3.28. The molecule has 0 fully saturated rings. The average Bonchev–Trinajstić information content (AvgIpc) is 3.22. The summed E-state index contributed by atoms with van der Waals surface area (Å²) in [6.45, 7) is 5.71. The largest absolute Gasteiger partial charge is 0.468 e. The molecule has 1 aromatic heterocycles. The molecule has 0 aliphatic carbocycles. The van der Waals surface area contributed by atoms with Crippen LogP contribution in [-0.4, -0.2) is 25.2 Å². The predicted molar refractivity (Wildman–Crippen MR) is 104 cm³/mol. The van der Waals surface area contributed by atoms with Crippen molar-refractivity contribution in [1.29, 1.82) is 0 Å². The lowest BCUT2D eigenvalue weighted by molar-refractivity contribution is -0.139. The number of hydrogen-bond donors (Lipinski definition) is 1. The van der Waals surface area contributed by atoms with Crippen LogP contribution in [0.25, 0.3) is 5.70 Å². The Bertz CT molecular complexity index is 910. The molecule has 1 aliphatic heterocycles. The molecular weight excluding hydrogens is 358 g/mol. The van der Waals surface area contributed by atoms with Crippen LogP contribution in [0.2, 0.25) is 0 Å². The zero-order chi connectivity index (χ0) is 20.1. The van der Waals surface area contributed by atoms with Crippen LogP contribution >= 0.6 is 0 Å². The molecule has 1 atom stereocenters. The van der Waals surface area contributed by atoms with E-state index in [1.54, 1.807) is 32.9 Å². The van der Waals surface area contributed by atoms with Gasteiger partial charge in [0.05, 0.1) is 42.2 Å². The summed E-state index contributed by atoms with van der Waals surface area (Å²) in [4.78, 5) is 25.7. The quantitative estimate of drug-likeness (QED) is 0.768. The van der Waals surface area contributed by atoms with Crippen molar-refractivity contribution in [2.24, 2.45) is 0 Å². The van der Waals surface area contributed by atoms with Gasteiger partial charge < -0.3 is 19.2 Å². The van der Waals surface area contributed by atoms with E-state index >= 15 is 0 Å².